The first-order valence-corrected chi connectivity index (χ1v) is 18.3. The molecule has 0 amide bonds. The molecule has 0 nitrogen and oxygen atoms in total. The van der Waals surface area contributed by atoms with Gasteiger partial charge in [-0.15, -0.1) is 0 Å². The van der Waals surface area contributed by atoms with Gasteiger partial charge in [0.2, 0.25) is 0 Å². The van der Waals surface area contributed by atoms with Gasteiger partial charge in [-0.2, -0.15) is 0 Å². The van der Waals surface area contributed by atoms with Crippen LogP contribution in [0.2, 0.25) is 0 Å². The van der Waals surface area contributed by atoms with Gasteiger partial charge in [-0.1, -0.05) is 158 Å². The lowest BCUT2D eigenvalue weighted by Crippen LogP contribution is -2.13. The monoisotopic (exact) mass is 594 g/mol. The normalized spacial score (nSPS) is 14.5. The summed E-state index contributed by atoms with van der Waals surface area (Å²) in [6, 6.07) is 45.4. The van der Waals surface area contributed by atoms with Crippen LogP contribution >= 0.6 is 17.2 Å². The molecule has 1 aliphatic carbocycles. The zero-order valence-corrected chi connectivity index (χ0v) is 27.1. The largest absolute Gasteiger partial charge is 0.0859 e. The van der Waals surface area contributed by atoms with E-state index in [1.807, 2.05) is 0 Å². The maximum absolute atomic E-state index is 2.43. The number of rotatable bonds is 8. The summed E-state index contributed by atoms with van der Waals surface area (Å²) in [5.74, 6) is 0.612. The maximum atomic E-state index is 2.43. The van der Waals surface area contributed by atoms with Crippen molar-refractivity contribution in [2.24, 2.45) is 0 Å². The minimum Gasteiger partial charge on any atom is -0.0859 e. The average molecular weight is 595 g/mol. The molecule has 0 heterocycles. The molecule has 0 saturated heterocycles. The van der Waals surface area contributed by atoms with E-state index in [1.165, 1.54) is 80.9 Å². The molecule has 1 saturated carbocycles. The molecule has 7 rings (SSSR count). The first-order chi connectivity index (χ1) is 21.3. The minimum absolute atomic E-state index is 0.612. The third-order valence-corrected chi connectivity index (χ3v) is 11.9. The van der Waals surface area contributed by atoms with Crippen molar-refractivity contribution >= 4 is 49.3 Å². The zero-order valence-electron chi connectivity index (χ0n) is 25.1. The molecule has 43 heavy (non-hydrogen) atoms. The van der Waals surface area contributed by atoms with Crippen molar-refractivity contribution in [3.05, 3.63) is 144 Å². The van der Waals surface area contributed by atoms with Crippen LogP contribution in [0.5, 0.6) is 0 Å². The molecular formula is C41H40P2. The molecule has 6 aromatic rings. The lowest BCUT2D eigenvalue weighted by Gasteiger charge is -2.31. The summed E-state index contributed by atoms with van der Waals surface area (Å²) in [4.78, 5) is 0. The van der Waals surface area contributed by atoms with Crippen LogP contribution in [0, 0.1) is 6.92 Å². The molecular weight excluding hydrogens is 554 g/mol. The molecule has 1 fully saturated rings. The smallest absolute Gasteiger partial charge is 0.00511 e. The van der Waals surface area contributed by atoms with Crippen molar-refractivity contribution < 1.29 is 0 Å². The molecule has 1 aliphatic rings. The number of hydrogen-bond acceptors (Lipinski definition) is 0. The van der Waals surface area contributed by atoms with Gasteiger partial charge in [-0.3, -0.25) is 0 Å². The Morgan fingerprint density at radius 3 is 1.74 bits per heavy atom. The third kappa shape index (κ3) is 5.94. The van der Waals surface area contributed by atoms with Crippen LogP contribution < -0.4 is 10.6 Å². The van der Waals surface area contributed by atoms with Crippen molar-refractivity contribution in [3.8, 4) is 11.1 Å². The molecule has 0 aliphatic heterocycles. The summed E-state index contributed by atoms with van der Waals surface area (Å²) in [6.07, 6.45) is 8.88. The number of hydrogen-bond donors (Lipinski definition) is 0. The van der Waals surface area contributed by atoms with Crippen LogP contribution in [0.15, 0.2) is 121 Å². The Labute approximate surface area is 260 Å². The predicted molar refractivity (Wildman–Crippen MR) is 194 cm³/mol. The highest BCUT2D eigenvalue weighted by atomic mass is 31.1. The van der Waals surface area contributed by atoms with Crippen molar-refractivity contribution in [1.29, 1.82) is 0 Å². The van der Waals surface area contributed by atoms with Crippen LogP contribution in [0.4, 0.5) is 0 Å². The highest BCUT2D eigenvalue weighted by Gasteiger charge is 2.28. The van der Waals surface area contributed by atoms with Gasteiger partial charge in [-0.25, -0.2) is 0 Å². The second kappa shape index (κ2) is 13.1. The first kappa shape index (κ1) is 28.5. The van der Waals surface area contributed by atoms with Crippen LogP contribution in [-0.2, 0) is 12.3 Å². The summed E-state index contributed by atoms with van der Waals surface area (Å²) in [7, 11) is 1.53. The Morgan fingerprint density at radius 1 is 0.512 bits per heavy atom. The summed E-state index contributed by atoms with van der Waals surface area (Å²) in [5, 5.41) is 8.55. The highest BCUT2D eigenvalue weighted by Crippen LogP contribution is 2.49. The summed E-state index contributed by atoms with van der Waals surface area (Å²) in [6.45, 7) is 2.33. The van der Waals surface area contributed by atoms with Gasteiger partial charge in [-0.05, 0) is 104 Å². The highest BCUT2D eigenvalue weighted by molar-refractivity contribution is 7.46. The average Bonchev–Trinajstić information content (AvgIpc) is 3.07. The van der Waals surface area contributed by atoms with Crippen LogP contribution in [0.25, 0.3) is 32.7 Å². The van der Waals surface area contributed by atoms with Crippen molar-refractivity contribution in [2.75, 3.05) is 0 Å². The lowest BCUT2D eigenvalue weighted by molar-refractivity contribution is 0.443. The Morgan fingerprint density at radius 2 is 1.07 bits per heavy atom. The second-order valence-corrected chi connectivity index (χ2v) is 14.6. The van der Waals surface area contributed by atoms with Gasteiger partial charge in [0, 0.05) is 0 Å². The molecule has 2 heteroatoms. The van der Waals surface area contributed by atoms with Gasteiger partial charge < -0.3 is 0 Å². The molecule has 0 radical (unpaired) electrons. The fraction of sp³-hybridized carbons (Fsp3) is 0.220. The van der Waals surface area contributed by atoms with E-state index in [0.717, 1.165) is 29.5 Å². The van der Waals surface area contributed by atoms with E-state index in [4.69, 9.17) is 0 Å². The fourth-order valence-corrected chi connectivity index (χ4v) is 9.73. The lowest BCUT2D eigenvalue weighted by atomic mass is 9.74. The zero-order chi connectivity index (χ0) is 29.0. The van der Waals surface area contributed by atoms with Crippen LogP contribution in [0.1, 0.15) is 60.3 Å². The molecule has 0 aromatic heterocycles. The molecule has 6 aromatic carbocycles. The molecule has 0 spiro atoms. The van der Waals surface area contributed by atoms with Crippen LogP contribution in [0.3, 0.4) is 0 Å². The predicted octanol–water partition coefficient (Wildman–Crippen LogP) is 11.0. The van der Waals surface area contributed by atoms with Gasteiger partial charge in [0.05, 0.1) is 0 Å². The molecule has 214 valence electrons. The van der Waals surface area contributed by atoms with Gasteiger partial charge in [0.1, 0.15) is 0 Å². The number of fused-ring (bicyclic) bond motifs is 2. The van der Waals surface area contributed by atoms with Crippen molar-refractivity contribution in [2.45, 2.75) is 57.3 Å². The van der Waals surface area contributed by atoms with E-state index in [9.17, 15) is 0 Å². The SMILES string of the molecule is Cc1ccc2ccccc2c1-c1c(C2CCCCC2)c(CPc2ccccc2)c(CPc2ccccc2)c2ccccc12. The van der Waals surface area contributed by atoms with Crippen LogP contribution in [-0.4, -0.2) is 0 Å². The Hall–Kier alpha value is -3.30. The van der Waals surface area contributed by atoms with E-state index in [2.05, 4.69) is 128 Å². The summed E-state index contributed by atoms with van der Waals surface area (Å²) >= 11 is 0. The second-order valence-electron chi connectivity index (χ2n) is 12.0. The van der Waals surface area contributed by atoms with E-state index in [0.29, 0.717) is 5.92 Å². The van der Waals surface area contributed by atoms with E-state index in [1.54, 1.807) is 16.7 Å². The Bertz CT molecular complexity index is 1850. The van der Waals surface area contributed by atoms with Crippen molar-refractivity contribution in [3.63, 3.8) is 0 Å². The number of benzene rings is 6. The van der Waals surface area contributed by atoms with E-state index < -0.39 is 0 Å². The quantitative estimate of drug-likeness (QED) is 0.154. The van der Waals surface area contributed by atoms with Gasteiger partial charge >= 0.3 is 0 Å². The standard InChI is InChI=1S/C41H40P2/c1-29-25-26-30-15-11-12-22-34(30)39(29)41-36-24-14-13-23-35(36)37(27-42-32-18-7-3-8-19-32)38(28-43-33-20-9-4-10-21-33)40(41)31-16-5-2-6-17-31/h3-4,7-15,18-26,31,42-43H,2,5-6,16-17,27-28H2,1H3. The number of aryl methyl sites for hydroxylation is 1. The third-order valence-electron chi connectivity index (χ3n) is 9.37. The van der Waals surface area contributed by atoms with Gasteiger partial charge in [0.25, 0.3) is 0 Å². The van der Waals surface area contributed by atoms with E-state index in [-0.39, 0.29) is 0 Å². The molecule has 0 bridgehead atoms. The summed E-state index contributed by atoms with van der Waals surface area (Å²) in [5.41, 5.74) is 9.29. The maximum Gasteiger partial charge on any atom is -0.00511 e. The molecule has 2 atom stereocenters. The van der Waals surface area contributed by atoms with E-state index >= 15 is 0 Å². The van der Waals surface area contributed by atoms with Crippen molar-refractivity contribution in [1.82, 2.24) is 0 Å². The first-order valence-electron chi connectivity index (χ1n) is 15.9. The molecule has 2 unspecified atom stereocenters. The fourth-order valence-electron chi connectivity index (χ4n) is 7.31. The van der Waals surface area contributed by atoms with Gasteiger partial charge in [0.15, 0.2) is 0 Å². The minimum atomic E-state index is 0.612. The summed E-state index contributed by atoms with van der Waals surface area (Å²) < 4.78 is 0. The Balaban J connectivity index is 1.53. The topological polar surface area (TPSA) is 0 Å². The Kier molecular flexibility index (Phi) is 8.70. The molecule has 0 N–H and O–H groups in total.